The maximum atomic E-state index is 10.3. The summed E-state index contributed by atoms with van der Waals surface area (Å²) in [5.41, 5.74) is 0.650. The smallest absolute Gasteiger partial charge is 0.303 e. The molecule has 0 bridgehead atoms. The van der Waals surface area contributed by atoms with Crippen LogP contribution in [0.2, 0.25) is 0 Å². The van der Waals surface area contributed by atoms with Crippen LogP contribution in [0.3, 0.4) is 0 Å². The molecule has 2 N–H and O–H groups in total. The number of aryl methyl sites for hydroxylation is 1. The zero-order chi connectivity index (χ0) is 9.84. The summed E-state index contributed by atoms with van der Waals surface area (Å²) < 4.78 is 0.593. The number of hydrogen-bond donors (Lipinski definition) is 2. The van der Waals surface area contributed by atoms with Gasteiger partial charge in [-0.1, -0.05) is 12.1 Å². The van der Waals surface area contributed by atoms with Gasteiger partial charge >= 0.3 is 5.97 Å². The van der Waals surface area contributed by atoms with Gasteiger partial charge in [-0.2, -0.15) is 0 Å². The predicted octanol–water partition coefficient (Wildman–Crippen LogP) is 2.17. The molecule has 0 aliphatic carbocycles. The molecule has 70 valence electrons. The molecular formula is C9H9BrO3. The minimum absolute atomic E-state index is 0.0318. The van der Waals surface area contributed by atoms with Gasteiger partial charge in [-0.25, -0.2) is 0 Å². The lowest BCUT2D eigenvalue weighted by Crippen LogP contribution is -1.97. The maximum Gasteiger partial charge on any atom is 0.303 e. The molecular weight excluding hydrogens is 236 g/mol. The molecule has 1 aromatic carbocycles. The Morgan fingerprint density at radius 3 is 2.77 bits per heavy atom. The number of carboxylic acid groups (broad SMARTS) is 1. The molecule has 0 spiro atoms. The molecule has 0 radical (unpaired) electrons. The normalized spacial score (nSPS) is 9.92. The van der Waals surface area contributed by atoms with Crippen molar-refractivity contribution in [3.05, 3.63) is 28.2 Å². The zero-order valence-corrected chi connectivity index (χ0v) is 8.41. The van der Waals surface area contributed by atoms with Crippen molar-refractivity contribution in [2.24, 2.45) is 0 Å². The van der Waals surface area contributed by atoms with Gasteiger partial charge < -0.3 is 10.2 Å². The summed E-state index contributed by atoms with van der Waals surface area (Å²) in [6, 6.07) is 5.18. The van der Waals surface area contributed by atoms with E-state index in [0.717, 1.165) is 0 Å². The maximum absolute atomic E-state index is 10.3. The van der Waals surface area contributed by atoms with Gasteiger partial charge in [-0.3, -0.25) is 4.79 Å². The fourth-order valence-electron chi connectivity index (χ4n) is 1.00. The van der Waals surface area contributed by atoms with Crippen LogP contribution in [-0.2, 0) is 11.2 Å². The number of phenolic OH excluding ortho intramolecular Hbond substituents is 1. The number of phenols is 1. The molecule has 3 nitrogen and oxygen atoms in total. The van der Waals surface area contributed by atoms with E-state index >= 15 is 0 Å². The highest BCUT2D eigenvalue weighted by molar-refractivity contribution is 9.10. The van der Waals surface area contributed by atoms with Crippen LogP contribution >= 0.6 is 15.9 Å². The number of hydrogen-bond acceptors (Lipinski definition) is 2. The Morgan fingerprint density at radius 1 is 1.46 bits per heavy atom. The molecule has 0 saturated carbocycles. The minimum Gasteiger partial charge on any atom is -0.506 e. The largest absolute Gasteiger partial charge is 0.506 e. The first-order valence-electron chi connectivity index (χ1n) is 3.79. The van der Waals surface area contributed by atoms with Crippen molar-refractivity contribution >= 4 is 21.9 Å². The average molecular weight is 245 g/mol. The van der Waals surface area contributed by atoms with Crippen molar-refractivity contribution in [2.45, 2.75) is 12.8 Å². The van der Waals surface area contributed by atoms with Gasteiger partial charge in [0.25, 0.3) is 0 Å². The van der Waals surface area contributed by atoms with Crippen LogP contribution in [0.1, 0.15) is 12.0 Å². The summed E-state index contributed by atoms with van der Waals surface area (Å²) in [5.74, 6) is -0.733. The van der Waals surface area contributed by atoms with Gasteiger partial charge in [0.15, 0.2) is 0 Å². The first kappa shape index (κ1) is 10.1. The van der Waals surface area contributed by atoms with E-state index in [2.05, 4.69) is 15.9 Å². The van der Waals surface area contributed by atoms with Crippen molar-refractivity contribution in [1.82, 2.24) is 0 Å². The summed E-state index contributed by atoms with van der Waals surface area (Å²) in [7, 11) is 0. The molecule has 0 aliphatic heterocycles. The third-order valence-electron chi connectivity index (χ3n) is 1.68. The average Bonchev–Trinajstić information content (AvgIpc) is 2.07. The molecule has 0 saturated heterocycles. The van der Waals surface area contributed by atoms with E-state index in [4.69, 9.17) is 5.11 Å². The topological polar surface area (TPSA) is 57.5 Å². The third-order valence-corrected chi connectivity index (χ3v) is 2.32. The van der Waals surface area contributed by atoms with Crippen LogP contribution in [0.25, 0.3) is 0 Å². The van der Waals surface area contributed by atoms with Gasteiger partial charge in [0.2, 0.25) is 0 Å². The zero-order valence-electron chi connectivity index (χ0n) is 6.83. The summed E-state index contributed by atoms with van der Waals surface area (Å²) in [4.78, 5) is 10.3. The van der Waals surface area contributed by atoms with Crippen LogP contribution in [0.15, 0.2) is 22.7 Å². The van der Waals surface area contributed by atoms with Gasteiger partial charge in [-0.05, 0) is 34.0 Å². The number of halogens is 1. The summed E-state index contributed by atoms with van der Waals surface area (Å²) >= 11 is 3.16. The number of carboxylic acids is 1. The van der Waals surface area contributed by atoms with Crippen LogP contribution in [0, 0.1) is 0 Å². The number of benzene rings is 1. The minimum atomic E-state index is -0.862. The number of carbonyl (C=O) groups is 1. The first-order valence-corrected chi connectivity index (χ1v) is 4.58. The number of rotatable bonds is 3. The van der Waals surface area contributed by atoms with Gasteiger partial charge in [0, 0.05) is 6.42 Å². The Hall–Kier alpha value is -1.03. The van der Waals surface area contributed by atoms with Gasteiger partial charge in [0.05, 0.1) is 4.47 Å². The van der Waals surface area contributed by atoms with Gasteiger partial charge in [-0.15, -0.1) is 0 Å². The lowest BCUT2D eigenvalue weighted by atomic mass is 10.1. The lowest BCUT2D eigenvalue weighted by molar-refractivity contribution is -0.136. The molecule has 13 heavy (non-hydrogen) atoms. The van der Waals surface area contributed by atoms with Crippen molar-refractivity contribution < 1.29 is 15.0 Å². The van der Waals surface area contributed by atoms with E-state index in [0.29, 0.717) is 16.5 Å². The fourth-order valence-corrected chi connectivity index (χ4v) is 1.41. The van der Waals surface area contributed by atoms with E-state index in [9.17, 15) is 9.90 Å². The SMILES string of the molecule is O=C(O)CCc1cccc(Br)c1O. The van der Waals surface area contributed by atoms with E-state index in [1.807, 2.05) is 0 Å². The highest BCUT2D eigenvalue weighted by atomic mass is 79.9. The number of para-hydroxylation sites is 1. The van der Waals surface area contributed by atoms with Gasteiger partial charge in [0.1, 0.15) is 5.75 Å². The van der Waals surface area contributed by atoms with Crippen molar-refractivity contribution in [3.63, 3.8) is 0 Å². The standard InChI is InChI=1S/C9H9BrO3/c10-7-3-1-2-6(9(7)13)4-5-8(11)12/h1-3,13H,4-5H2,(H,11,12). The van der Waals surface area contributed by atoms with E-state index in [-0.39, 0.29) is 12.2 Å². The van der Waals surface area contributed by atoms with E-state index in [1.165, 1.54) is 0 Å². The molecule has 0 atom stereocenters. The number of aromatic hydroxyl groups is 1. The monoisotopic (exact) mass is 244 g/mol. The summed E-state index contributed by atoms with van der Waals surface area (Å²) in [6.07, 6.45) is 0.380. The lowest BCUT2D eigenvalue weighted by Gasteiger charge is -2.03. The highest BCUT2D eigenvalue weighted by Gasteiger charge is 2.06. The Bertz CT molecular complexity index is 323. The number of aliphatic carboxylic acids is 1. The third kappa shape index (κ3) is 2.73. The molecule has 0 aromatic heterocycles. The van der Waals surface area contributed by atoms with E-state index < -0.39 is 5.97 Å². The summed E-state index contributed by atoms with van der Waals surface area (Å²) in [6.45, 7) is 0. The molecule has 0 aliphatic rings. The molecule has 1 aromatic rings. The molecule has 0 fully saturated rings. The van der Waals surface area contributed by atoms with E-state index in [1.54, 1.807) is 18.2 Å². The quantitative estimate of drug-likeness (QED) is 0.857. The van der Waals surface area contributed by atoms with Crippen molar-refractivity contribution in [2.75, 3.05) is 0 Å². The molecule has 0 unspecified atom stereocenters. The molecule has 1 rings (SSSR count). The van der Waals surface area contributed by atoms with Crippen LogP contribution in [-0.4, -0.2) is 16.2 Å². The predicted molar refractivity (Wildman–Crippen MR) is 51.8 cm³/mol. The Morgan fingerprint density at radius 2 is 2.15 bits per heavy atom. The van der Waals surface area contributed by atoms with Crippen LogP contribution in [0.5, 0.6) is 5.75 Å². The Kier molecular flexibility index (Phi) is 3.31. The molecule has 0 amide bonds. The van der Waals surface area contributed by atoms with Crippen molar-refractivity contribution in [1.29, 1.82) is 0 Å². The van der Waals surface area contributed by atoms with Crippen LogP contribution in [0.4, 0.5) is 0 Å². The Balaban J connectivity index is 2.77. The second-order valence-corrected chi connectivity index (χ2v) is 3.50. The molecule has 0 heterocycles. The second kappa shape index (κ2) is 4.28. The second-order valence-electron chi connectivity index (χ2n) is 2.64. The summed E-state index contributed by atoms with van der Waals surface area (Å²) in [5, 5.41) is 17.9. The molecule has 4 heteroatoms. The van der Waals surface area contributed by atoms with Crippen LogP contribution < -0.4 is 0 Å². The Labute approximate surface area is 84.1 Å². The first-order chi connectivity index (χ1) is 6.11. The fraction of sp³-hybridized carbons (Fsp3) is 0.222. The van der Waals surface area contributed by atoms with Crippen molar-refractivity contribution in [3.8, 4) is 5.75 Å². The highest BCUT2D eigenvalue weighted by Crippen LogP contribution is 2.28.